The Hall–Kier alpha value is -1.04. The van der Waals surface area contributed by atoms with Gasteiger partial charge in [0.15, 0.2) is 0 Å². The van der Waals surface area contributed by atoms with Gasteiger partial charge in [0.2, 0.25) is 0 Å². The Labute approximate surface area is 103 Å². The molecule has 2 heterocycles. The van der Waals surface area contributed by atoms with Gasteiger partial charge in [-0.2, -0.15) is 5.10 Å². The van der Waals surface area contributed by atoms with Crippen LogP contribution in [0.15, 0.2) is 17.5 Å². The number of hydrogen-bond donors (Lipinski definition) is 2. The maximum Gasteiger partial charge on any atom is 0.148 e. The first-order valence-electron chi connectivity index (χ1n) is 4.82. The number of hydrogen-bond acceptors (Lipinski definition) is 4. The minimum atomic E-state index is 0.659. The molecule has 0 aliphatic heterocycles. The van der Waals surface area contributed by atoms with E-state index in [1.165, 1.54) is 11.3 Å². The first kappa shape index (κ1) is 11.4. The van der Waals surface area contributed by atoms with Crippen molar-refractivity contribution in [3.8, 4) is 11.3 Å². The fraction of sp³-hybridized carbons (Fsp3) is 0.300. The number of rotatable bonds is 5. The molecule has 0 saturated carbocycles. The van der Waals surface area contributed by atoms with Gasteiger partial charge in [0.05, 0.1) is 16.6 Å². The number of thiophene rings is 1. The number of aromatic nitrogens is 2. The second kappa shape index (κ2) is 5.34. The lowest BCUT2D eigenvalue weighted by molar-refractivity contribution is 0.210. The fourth-order valence-corrected chi connectivity index (χ4v) is 2.17. The summed E-state index contributed by atoms with van der Waals surface area (Å²) in [5, 5.41) is 12.2. The molecule has 2 aromatic rings. The molecule has 0 bridgehead atoms. The lowest BCUT2D eigenvalue weighted by Gasteiger charge is -1.99. The zero-order valence-corrected chi connectivity index (χ0v) is 10.4. The third-order valence-corrected chi connectivity index (χ3v) is 3.16. The second-order valence-corrected chi connectivity index (χ2v) is 4.77. The van der Waals surface area contributed by atoms with E-state index in [0.29, 0.717) is 6.61 Å². The predicted octanol–water partition coefficient (Wildman–Crippen LogP) is 2.85. The molecule has 0 saturated heterocycles. The Kier molecular flexibility index (Phi) is 3.82. The highest BCUT2D eigenvalue weighted by atomic mass is 35.5. The highest BCUT2D eigenvalue weighted by Crippen LogP contribution is 2.28. The van der Waals surface area contributed by atoms with Gasteiger partial charge in [0.25, 0.3) is 0 Å². The van der Waals surface area contributed by atoms with Crippen LogP contribution in [-0.4, -0.2) is 30.5 Å². The summed E-state index contributed by atoms with van der Waals surface area (Å²) in [7, 11) is 1.67. The third kappa shape index (κ3) is 2.75. The van der Waals surface area contributed by atoms with Crippen molar-refractivity contribution in [1.29, 1.82) is 0 Å². The lowest BCUT2D eigenvalue weighted by atomic mass is 10.2. The van der Waals surface area contributed by atoms with E-state index >= 15 is 0 Å². The van der Waals surface area contributed by atoms with Gasteiger partial charge in [0.1, 0.15) is 5.82 Å². The number of nitrogens with one attached hydrogen (secondary N) is 2. The maximum atomic E-state index is 5.87. The van der Waals surface area contributed by atoms with E-state index in [1.54, 1.807) is 7.11 Å². The van der Waals surface area contributed by atoms with E-state index in [-0.39, 0.29) is 0 Å². The molecule has 0 radical (unpaired) electrons. The van der Waals surface area contributed by atoms with E-state index in [1.807, 2.05) is 17.5 Å². The van der Waals surface area contributed by atoms with E-state index in [0.717, 1.165) is 28.0 Å². The molecule has 4 nitrogen and oxygen atoms in total. The van der Waals surface area contributed by atoms with Gasteiger partial charge in [-0.3, -0.25) is 5.10 Å². The van der Waals surface area contributed by atoms with Crippen LogP contribution < -0.4 is 5.32 Å². The first-order valence-corrected chi connectivity index (χ1v) is 6.08. The molecule has 0 atom stereocenters. The molecule has 2 aromatic heterocycles. The molecule has 0 amide bonds. The highest BCUT2D eigenvalue weighted by molar-refractivity contribution is 7.14. The Balaban J connectivity index is 2.02. The van der Waals surface area contributed by atoms with Crippen LogP contribution >= 0.6 is 22.9 Å². The van der Waals surface area contributed by atoms with E-state index in [4.69, 9.17) is 16.3 Å². The summed E-state index contributed by atoms with van der Waals surface area (Å²) in [6.07, 6.45) is 0. The van der Waals surface area contributed by atoms with Crippen molar-refractivity contribution in [2.24, 2.45) is 0 Å². The first-order chi connectivity index (χ1) is 7.79. The largest absolute Gasteiger partial charge is 0.383 e. The average Bonchev–Trinajstić information content (AvgIpc) is 2.87. The number of anilines is 1. The summed E-state index contributed by atoms with van der Waals surface area (Å²) in [5.41, 5.74) is 2.02. The molecule has 86 valence electrons. The van der Waals surface area contributed by atoms with Crippen LogP contribution in [0.2, 0.25) is 4.34 Å². The third-order valence-electron chi connectivity index (χ3n) is 2.07. The Morgan fingerprint density at radius 1 is 1.56 bits per heavy atom. The molecule has 0 aromatic carbocycles. The van der Waals surface area contributed by atoms with Gasteiger partial charge in [-0.1, -0.05) is 11.6 Å². The van der Waals surface area contributed by atoms with Crippen LogP contribution in [-0.2, 0) is 4.74 Å². The van der Waals surface area contributed by atoms with Gasteiger partial charge in [-0.25, -0.2) is 0 Å². The highest BCUT2D eigenvalue weighted by Gasteiger charge is 2.05. The Morgan fingerprint density at radius 2 is 2.44 bits per heavy atom. The summed E-state index contributed by atoms with van der Waals surface area (Å²) < 4.78 is 5.72. The Morgan fingerprint density at radius 3 is 3.12 bits per heavy atom. The number of aromatic amines is 1. The normalized spacial score (nSPS) is 10.6. The van der Waals surface area contributed by atoms with Crippen molar-refractivity contribution in [3.05, 3.63) is 21.8 Å². The topological polar surface area (TPSA) is 49.9 Å². The molecule has 0 spiro atoms. The van der Waals surface area contributed by atoms with Crippen LogP contribution in [0.25, 0.3) is 11.3 Å². The molecule has 0 fully saturated rings. The molecular weight excluding hydrogens is 246 g/mol. The standard InChI is InChI=1S/C10H12ClN3OS/c1-15-3-2-12-10-5-8(13-14-10)7-4-9(11)16-6-7/h4-6H,2-3H2,1H3,(H2,12,13,14). The second-order valence-electron chi connectivity index (χ2n) is 3.23. The van der Waals surface area contributed by atoms with Crippen molar-refractivity contribution >= 4 is 28.8 Å². The van der Waals surface area contributed by atoms with Gasteiger partial charge >= 0.3 is 0 Å². The van der Waals surface area contributed by atoms with Crippen LogP contribution in [0.1, 0.15) is 0 Å². The monoisotopic (exact) mass is 257 g/mol. The fourth-order valence-electron chi connectivity index (χ4n) is 1.29. The summed E-state index contributed by atoms with van der Waals surface area (Å²) in [4.78, 5) is 0. The van der Waals surface area contributed by atoms with Crippen LogP contribution in [0.4, 0.5) is 5.82 Å². The average molecular weight is 258 g/mol. The zero-order chi connectivity index (χ0) is 11.4. The van der Waals surface area contributed by atoms with Crippen LogP contribution in [0.3, 0.4) is 0 Å². The number of methoxy groups -OCH3 is 1. The number of ether oxygens (including phenoxy) is 1. The van der Waals surface area contributed by atoms with Gasteiger partial charge in [-0.05, 0) is 6.07 Å². The summed E-state index contributed by atoms with van der Waals surface area (Å²) >= 11 is 7.38. The molecule has 2 N–H and O–H groups in total. The zero-order valence-electron chi connectivity index (χ0n) is 8.79. The Bertz CT molecular complexity index is 454. The quantitative estimate of drug-likeness (QED) is 0.810. The molecule has 0 aliphatic rings. The van der Waals surface area contributed by atoms with Gasteiger partial charge in [0, 0.05) is 30.7 Å². The van der Waals surface area contributed by atoms with E-state index < -0.39 is 0 Å². The van der Waals surface area contributed by atoms with Crippen molar-refractivity contribution in [1.82, 2.24) is 10.2 Å². The van der Waals surface area contributed by atoms with Gasteiger partial charge in [-0.15, -0.1) is 11.3 Å². The van der Waals surface area contributed by atoms with Crippen molar-refractivity contribution in [3.63, 3.8) is 0 Å². The van der Waals surface area contributed by atoms with Gasteiger partial charge < -0.3 is 10.1 Å². The van der Waals surface area contributed by atoms with Crippen molar-refractivity contribution in [2.45, 2.75) is 0 Å². The summed E-state index contributed by atoms with van der Waals surface area (Å²) in [6.45, 7) is 1.40. The molecule has 0 unspecified atom stereocenters. The minimum absolute atomic E-state index is 0.659. The predicted molar refractivity (Wildman–Crippen MR) is 67.3 cm³/mol. The number of nitrogens with zero attached hydrogens (tertiary/aromatic N) is 1. The van der Waals surface area contributed by atoms with E-state index in [2.05, 4.69) is 15.5 Å². The summed E-state index contributed by atoms with van der Waals surface area (Å²) in [5.74, 6) is 0.814. The number of H-pyrrole nitrogens is 1. The molecule has 2 rings (SSSR count). The van der Waals surface area contributed by atoms with Crippen molar-refractivity contribution < 1.29 is 4.74 Å². The minimum Gasteiger partial charge on any atom is -0.383 e. The maximum absolute atomic E-state index is 5.87. The van der Waals surface area contributed by atoms with Crippen LogP contribution in [0.5, 0.6) is 0 Å². The molecule has 16 heavy (non-hydrogen) atoms. The van der Waals surface area contributed by atoms with Crippen molar-refractivity contribution in [2.75, 3.05) is 25.6 Å². The molecular formula is C10H12ClN3OS. The smallest absolute Gasteiger partial charge is 0.148 e. The lowest BCUT2D eigenvalue weighted by Crippen LogP contribution is -2.07. The summed E-state index contributed by atoms with van der Waals surface area (Å²) in [6, 6.07) is 3.87. The number of halogens is 1. The molecule has 6 heteroatoms. The van der Waals surface area contributed by atoms with E-state index in [9.17, 15) is 0 Å². The molecule has 0 aliphatic carbocycles. The SMILES string of the molecule is COCCNc1cc(-c2csc(Cl)c2)[nH]n1. The van der Waals surface area contributed by atoms with Crippen LogP contribution in [0, 0.1) is 0 Å².